The normalized spacial score (nSPS) is 16.3. The topological polar surface area (TPSA) is 46.9 Å². The van der Waals surface area contributed by atoms with Crippen LogP contribution in [-0.2, 0) is 6.54 Å². The average Bonchev–Trinajstić information content (AvgIpc) is 2.81. The van der Waals surface area contributed by atoms with Gasteiger partial charge in [0.15, 0.2) is 0 Å². The van der Waals surface area contributed by atoms with Crippen molar-refractivity contribution in [2.24, 2.45) is 5.92 Å². The molecule has 94 valence electrons. The fraction of sp³-hybridized carbons (Fsp3) is 0.692. The Hall–Kier alpha value is -1.32. The maximum Gasteiger partial charge on any atom is 0.268 e. The van der Waals surface area contributed by atoms with E-state index in [2.05, 4.69) is 10.4 Å². The minimum absolute atomic E-state index is 0.00134. The van der Waals surface area contributed by atoms with E-state index >= 15 is 0 Å². The molecule has 1 heterocycles. The van der Waals surface area contributed by atoms with Crippen LogP contribution >= 0.6 is 0 Å². The van der Waals surface area contributed by atoms with E-state index in [4.69, 9.17) is 0 Å². The monoisotopic (exact) mass is 235 g/mol. The van der Waals surface area contributed by atoms with Crippen LogP contribution in [0.25, 0.3) is 0 Å². The van der Waals surface area contributed by atoms with Crippen LogP contribution in [-0.4, -0.2) is 16.3 Å². The first-order valence-corrected chi connectivity index (χ1v) is 6.60. The molecule has 1 aliphatic rings. The second-order valence-electron chi connectivity index (χ2n) is 4.78. The van der Waals surface area contributed by atoms with Crippen LogP contribution in [0.2, 0.25) is 0 Å². The lowest BCUT2D eigenvalue weighted by Crippen LogP contribution is -2.23. The van der Waals surface area contributed by atoms with Gasteiger partial charge >= 0.3 is 0 Å². The van der Waals surface area contributed by atoms with E-state index in [0.29, 0.717) is 0 Å². The zero-order chi connectivity index (χ0) is 12.1. The lowest BCUT2D eigenvalue weighted by atomic mass is 10.0. The van der Waals surface area contributed by atoms with Crippen molar-refractivity contribution in [2.45, 2.75) is 45.6 Å². The Labute approximate surface area is 102 Å². The van der Waals surface area contributed by atoms with Crippen LogP contribution < -0.4 is 10.9 Å². The molecule has 4 heteroatoms. The van der Waals surface area contributed by atoms with Crippen LogP contribution in [0.15, 0.2) is 17.1 Å². The molecular weight excluding hydrogens is 214 g/mol. The molecule has 4 nitrogen and oxygen atoms in total. The first kappa shape index (κ1) is 12.1. The molecule has 0 atom stereocenters. The van der Waals surface area contributed by atoms with E-state index in [1.165, 1.54) is 25.7 Å². The van der Waals surface area contributed by atoms with Gasteiger partial charge in [-0.3, -0.25) is 4.79 Å². The summed E-state index contributed by atoms with van der Waals surface area (Å²) in [6.07, 6.45) is 8.18. The van der Waals surface area contributed by atoms with E-state index in [1.54, 1.807) is 16.9 Å². The van der Waals surface area contributed by atoms with Gasteiger partial charge < -0.3 is 5.32 Å². The summed E-state index contributed by atoms with van der Waals surface area (Å²) in [6, 6.07) is 1.63. The molecule has 1 aromatic heterocycles. The Bertz CT molecular complexity index is 407. The van der Waals surface area contributed by atoms with E-state index in [0.717, 1.165) is 31.1 Å². The Kier molecular flexibility index (Phi) is 4.18. The van der Waals surface area contributed by atoms with Gasteiger partial charge in [-0.1, -0.05) is 25.7 Å². The van der Waals surface area contributed by atoms with Crippen molar-refractivity contribution in [3.05, 3.63) is 22.6 Å². The Morgan fingerprint density at radius 3 is 2.88 bits per heavy atom. The Morgan fingerprint density at radius 1 is 1.47 bits per heavy atom. The predicted molar refractivity (Wildman–Crippen MR) is 69.2 cm³/mol. The van der Waals surface area contributed by atoms with E-state index < -0.39 is 0 Å². The summed E-state index contributed by atoms with van der Waals surface area (Å²) in [5.41, 5.74) is 0.816. The molecule has 0 bridgehead atoms. The number of rotatable bonds is 5. The van der Waals surface area contributed by atoms with Crippen LogP contribution in [0.3, 0.4) is 0 Å². The van der Waals surface area contributed by atoms with Gasteiger partial charge in [-0.05, 0) is 19.3 Å². The average molecular weight is 235 g/mol. The lowest BCUT2D eigenvalue weighted by molar-refractivity contribution is 0.429. The van der Waals surface area contributed by atoms with Crippen molar-refractivity contribution in [1.82, 2.24) is 9.78 Å². The molecule has 1 aromatic rings. The lowest BCUT2D eigenvalue weighted by Gasteiger charge is -2.10. The first-order chi connectivity index (χ1) is 8.29. The molecule has 0 saturated heterocycles. The summed E-state index contributed by atoms with van der Waals surface area (Å²) in [7, 11) is 0. The van der Waals surface area contributed by atoms with Crippen molar-refractivity contribution in [1.29, 1.82) is 0 Å². The number of hydrogen-bond acceptors (Lipinski definition) is 3. The second kappa shape index (κ2) is 5.84. The second-order valence-corrected chi connectivity index (χ2v) is 4.78. The van der Waals surface area contributed by atoms with Crippen molar-refractivity contribution >= 4 is 5.69 Å². The molecule has 0 aromatic carbocycles. The molecule has 0 spiro atoms. The molecule has 1 saturated carbocycles. The van der Waals surface area contributed by atoms with Crippen molar-refractivity contribution in [2.75, 3.05) is 11.9 Å². The number of anilines is 1. The number of nitrogens with one attached hydrogen (secondary N) is 1. The van der Waals surface area contributed by atoms with Crippen molar-refractivity contribution < 1.29 is 0 Å². The highest BCUT2D eigenvalue weighted by atomic mass is 16.1. The molecule has 1 aliphatic carbocycles. The van der Waals surface area contributed by atoms with Gasteiger partial charge in [0.1, 0.15) is 0 Å². The summed E-state index contributed by atoms with van der Waals surface area (Å²) in [5.74, 6) is 0.803. The minimum Gasteiger partial charge on any atom is -0.384 e. The minimum atomic E-state index is 0.00134. The largest absolute Gasteiger partial charge is 0.384 e. The highest BCUT2D eigenvalue weighted by molar-refractivity contribution is 5.38. The SMILES string of the molecule is CCNc1cnn(CCC2CCCC2)c(=O)c1. The van der Waals surface area contributed by atoms with E-state index in [9.17, 15) is 4.79 Å². The van der Waals surface area contributed by atoms with Gasteiger partial charge in [0.2, 0.25) is 0 Å². The zero-order valence-corrected chi connectivity index (χ0v) is 10.5. The van der Waals surface area contributed by atoms with Gasteiger partial charge in [0.25, 0.3) is 5.56 Å². The van der Waals surface area contributed by atoms with Crippen LogP contribution in [0.4, 0.5) is 5.69 Å². The van der Waals surface area contributed by atoms with Gasteiger partial charge in [-0.25, -0.2) is 4.68 Å². The summed E-state index contributed by atoms with van der Waals surface area (Å²) in [6.45, 7) is 3.58. The molecular formula is C13H21N3O. The molecule has 0 unspecified atom stereocenters. The highest BCUT2D eigenvalue weighted by Gasteiger charge is 2.14. The molecule has 1 fully saturated rings. The zero-order valence-electron chi connectivity index (χ0n) is 10.5. The molecule has 0 radical (unpaired) electrons. The van der Waals surface area contributed by atoms with Crippen molar-refractivity contribution in [3.8, 4) is 0 Å². The standard InChI is InChI=1S/C13H21N3O/c1-2-14-12-9-13(17)16(15-10-12)8-7-11-5-3-4-6-11/h9-11,14H,2-8H2,1H3. The quantitative estimate of drug-likeness (QED) is 0.851. The fourth-order valence-electron chi connectivity index (χ4n) is 2.51. The maximum atomic E-state index is 11.8. The number of aromatic nitrogens is 2. The number of aryl methyl sites for hydroxylation is 1. The van der Waals surface area contributed by atoms with Crippen LogP contribution in [0.5, 0.6) is 0 Å². The van der Waals surface area contributed by atoms with E-state index in [1.807, 2.05) is 6.92 Å². The molecule has 1 N–H and O–H groups in total. The number of hydrogen-bond donors (Lipinski definition) is 1. The summed E-state index contributed by atoms with van der Waals surface area (Å²) in [4.78, 5) is 11.8. The molecule has 17 heavy (non-hydrogen) atoms. The molecule has 2 rings (SSSR count). The highest BCUT2D eigenvalue weighted by Crippen LogP contribution is 2.27. The summed E-state index contributed by atoms with van der Waals surface area (Å²) < 4.78 is 1.58. The van der Waals surface area contributed by atoms with Gasteiger partial charge in [0.05, 0.1) is 11.9 Å². The van der Waals surface area contributed by atoms with Gasteiger partial charge in [0, 0.05) is 19.2 Å². The third kappa shape index (κ3) is 3.32. The van der Waals surface area contributed by atoms with Gasteiger partial charge in [-0.2, -0.15) is 5.10 Å². The van der Waals surface area contributed by atoms with Crippen molar-refractivity contribution in [3.63, 3.8) is 0 Å². The van der Waals surface area contributed by atoms with E-state index in [-0.39, 0.29) is 5.56 Å². The smallest absolute Gasteiger partial charge is 0.268 e. The third-order valence-electron chi connectivity index (χ3n) is 3.47. The molecule has 0 amide bonds. The molecule has 0 aliphatic heterocycles. The third-order valence-corrected chi connectivity index (χ3v) is 3.47. The van der Waals surface area contributed by atoms with Crippen LogP contribution in [0, 0.1) is 5.92 Å². The Balaban J connectivity index is 1.93. The summed E-state index contributed by atoms with van der Waals surface area (Å²) in [5, 5.41) is 7.30. The van der Waals surface area contributed by atoms with Gasteiger partial charge in [-0.15, -0.1) is 0 Å². The maximum absolute atomic E-state index is 11.8. The fourth-order valence-corrected chi connectivity index (χ4v) is 2.51. The summed E-state index contributed by atoms with van der Waals surface area (Å²) >= 11 is 0. The number of nitrogens with zero attached hydrogens (tertiary/aromatic N) is 2. The predicted octanol–water partition coefficient (Wildman–Crippen LogP) is 2.26. The van der Waals surface area contributed by atoms with Crippen LogP contribution in [0.1, 0.15) is 39.0 Å². The first-order valence-electron chi connectivity index (χ1n) is 6.60. The Morgan fingerprint density at radius 2 is 2.24 bits per heavy atom.